The Labute approximate surface area is 141 Å². The molecule has 0 N–H and O–H groups in total. The van der Waals surface area contributed by atoms with Gasteiger partial charge in [-0.25, -0.2) is 0 Å². The minimum Gasteiger partial charge on any atom is -0.300 e. The lowest BCUT2D eigenvalue weighted by atomic mass is 9.65. The van der Waals surface area contributed by atoms with Gasteiger partial charge in [-0.1, -0.05) is 27.9 Å². The second-order valence-corrected chi connectivity index (χ2v) is 7.69. The highest BCUT2D eigenvalue weighted by Crippen LogP contribution is 2.43. The predicted molar refractivity (Wildman–Crippen MR) is 89.9 cm³/mol. The Morgan fingerprint density at radius 1 is 1.00 bits per heavy atom. The molecule has 4 heteroatoms. The van der Waals surface area contributed by atoms with Crippen molar-refractivity contribution in [1.29, 1.82) is 0 Å². The van der Waals surface area contributed by atoms with Crippen LogP contribution in [0.2, 0.25) is 0 Å². The lowest BCUT2D eigenvalue weighted by Crippen LogP contribution is -2.43. The van der Waals surface area contributed by atoms with Crippen LogP contribution in [0.3, 0.4) is 0 Å². The van der Waals surface area contributed by atoms with Crippen molar-refractivity contribution in [1.82, 2.24) is 0 Å². The van der Waals surface area contributed by atoms with Crippen molar-refractivity contribution < 1.29 is 14.4 Å². The van der Waals surface area contributed by atoms with Gasteiger partial charge in [0.2, 0.25) is 0 Å². The first kappa shape index (κ1) is 17.6. The van der Waals surface area contributed by atoms with Crippen molar-refractivity contribution in [2.75, 3.05) is 0 Å². The molecule has 2 aliphatic rings. The highest BCUT2D eigenvalue weighted by atomic mass is 79.9. The van der Waals surface area contributed by atoms with Crippen LogP contribution in [0.15, 0.2) is 10.1 Å². The molecule has 0 amide bonds. The van der Waals surface area contributed by atoms with Crippen molar-refractivity contribution in [3.63, 3.8) is 0 Å². The zero-order chi connectivity index (χ0) is 16.2. The molecule has 2 rings (SSSR count). The number of carbonyl (C=O) groups is 3. The van der Waals surface area contributed by atoms with Crippen LogP contribution in [0.5, 0.6) is 0 Å². The molecular weight excluding hydrogens is 344 g/mol. The van der Waals surface area contributed by atoms with Gasteiger partial charge in [0.15, 0.2) is 0 Å². The van der Waals surface area contributed by atoms with Gasteiger partial charge in [0.1, 0.15) is 17.3 Å². The van der Waals surface area contributed by atoms with E-state index in [4.69, 9.17) is 0 Å². The van der Waals surface area contributed by atoms with Gasteiger partial charge < -0.3 is 4.79 Å². The SMILES string of the molecule is CC(=O)CCC1(CC2=C(Br)CCCCC2)C(=O)CCCC1=O. The van der Waals surface area contributed by atoms with Gasteiger partial charge in [-0.05, 0) is 56.4 Å². The second-order valence-electron chi connectivity index (χ2n) is 6.73. The second kappa shape index (κ2) is 7.67. The zero-order valence-electron chi connectivity index (χ0n) is 13.4. The van der Waals surface area contributed by atoms with Crippen molar-refractivity contribution in [2.45, 2.75) is 77.6 Å². The Morgan fingerprint density at radius 3 is 2.27 bits per heavy atom. The molecule has 0 spiro atoms. The van der Waals surface area contributed by atoms with Crippen LogP contribution in [-0.2, 0) is 14.4 Å². The molecule has 0 radical (unpaired) electrons. The van der Waals surface area contributed by atoms with Crippen LogP contribution in [0.4, 0.5) is 0 Å². The Morgan fingerprint density at radius 2 is 1.64 bits per heavy atom. The summed E-state index contributed by atoms with van der Waals surface area (Å²) in [6.45, 7) is 1.53. The number of hydrogen-bond acceptors (Lipinski definition) is 3. The van der Waals surface area contributed by atoms with Gasteiger partial charge in [-0.15, -0.1) is 0 Å². The number of ketones is 3. The van der Waals surface area contributed by atoms with E-state index in [1.807, 2.05) is 0 Å². The van der Waals surface area contributed by atoms with Gasteiger partial charge in [0.25, 0.3) is 0 Å². The molecule has 1 saturated carbocycles. The molecule has 0 saturated heterocycles. The summed E-state index contributed by atoms with van der Waals surface area (Å²) in [5.74, 6) is 0.170. The third-order valence-corrected chi connectivity index (χ3v) is 6.01. The van der Waals surface area contributed by atoms with E-state index in [9.17, 15) is 14.4 Å². The minimum atomic E-state index is -0.928. The highest BCUT2D eigenvalue weighted by Gasteiger charge is 2.46. The number of carbonyl (C=O) groups excluding carboxylic acids is 3. The average Bonchev–Trinajstić information content (AvgIpc) is 2.66. The smallest absolute Gasteiger partial charge is 0.146 e. The van der Waals surface area contributed by atoms with E-state index in [2.05, 4.69) is 15.9 Å². The monoisotopic (exact) mass is 368 g/mol. The van der Waals surface area contributed by atoms with Crippen LogP contribution in [0.25, 0.3) is 0 Å². The Hall–Kier alpha value is -0.770. The van der Waals surface area contributed by atoms with Crippen LogP contribution in [0, 0.1) is 5.41 Å². The summed E-state index contributed by atoms with van der Waals surface area (Å²) in [7, 11) is 0. The van der Waals surface area contributed by atoms with Gasteiger partial charge in [-0.2, -0.15) is 0 Å². The maximum absolute atomic E-state index is 12.6. The third kappa shape index (κ3) is 3.95. The number of halogens is 1. The summed E-state index contributed by atoms with van der Waals surface area (Å²) in [6.07, 6.45) is 8.31. The summed E-state index contributed by atoms with van der Waals surface area (Å²) in [5, 5.41) is 0. The van der Waals surface area contributed by atoms with Crippen molar-refractivity contribution in [2.24, 2.45) is 5.41 Å². The maximum atomic E-state index is 12.6. The lowest BCUT2D eigenvalue weighted by Gasteiger charge is -2.35. The van der Waals surface area contributed by atoms with Gasteiger partial charge >= 0.3 is 0 Å². The van der Waals surface area contributed by atoms with Crippen molar-refractivity contribution in [3.05, 3.63) is 10.1 Å². The first-order valence-corrected chi connectivity index (χ1v) is 9.17. The summed E-state index contributed by atoms with van der Waals surface area (Å²) in [5.41, 5.74) is 0.299. The third-order valence-electron chi connectivity index (χ3n) is 5.05. The molecule has 22 heavy (non-hydrogen) atoms. The largest absolute Gasteiger partial charge is 0.300 e. The number of Topliss-reactive ketones (excluding diaryl/α,β-unsaturated/α-hetero) is 3. The summed E-state index contributed by atoms with van der Waals surface area (Å²) in [6, 6.07) is 0. The Kier molecular flexibility index (Phi) is 6.13. The molecule has 0 atom stereocenters. The van der Waals surface area contributed by atoms with E-state index in [1.54, 1.807) is 0 Å². The molecular formula is C18H25BrO3. The average molecular weight is 369 g/mol. The fraction of sp³-hybridized carbons (Fsp3) is 0.722. The van der Waals surface area contributed by atoms with Gasteiger partial charge in [0, 0.05) is 19.3 Å². The highest BCUT2D eigenvalue weighted by molar-refractivity contribution is 9.11. The van der Waals surface area contributed by atoms with Crippen LogP contribution in [0.1, 0.15) is 77.6 Å². The quantitative estimate of drug-likeness (QED) is 0.662. The van der Waals surface area contributed by atoms with Crippen LogP contribution < -0.4 is 0 Å². The van der Waals surface area contributed by atoms with E-state index in [0.717, 1.165) is 25.7 Å². The van der Waals surface area contributed by atoms with E-state index in [-0.39, 0.29) is 17.3 Å². The normalized spacial score (nSPS) is 22.6. The topological polar surface area (TPSA) is 51.2 Å². The molecule has 0 unspecified atom stereocenters. The molecule has 0 aromatic rings. The van der Waals surface area contributed by atoms with Crippen LogP contribution in [-0.4, -0.2) is 17.3 Å². The standard InChI is InChI=1S/C18H25BrO3/c1-13(20)10-11-18(16(21)8-5-9-17(18)22)12-14-6-3-2-4-7-15(14)19/h2-12H2,1H3. The van der Waals surface area contributed by atoms with E-state index >= 15 is 0 Å². The van der Waals surface area contributed by atoms with Crippen molar-refractivity contribution in [3.8, 4) is 0 Å². The minimum absolute atomic E-state index is 0.0551. The molecule has 3 nitrogen and oxygen atoms in total. The molecule has 0 bridgehead atoms. The van der Waals surface area contributed by atoms with Crippen LogP contribution >= 0.6 is 15.9 Å². The number of rotatable bonds is 5. The maximum Gasteiger partial charge on any atom is 0.146 e. The lowest BCUT2D eigenvalue weighted by molar-refractivity contribution is -0.144. The molecule has 0 aromatic carbocycles. The summed E-state index contributed by atoms with van der Waals surface area (Å²) in [4.78, 5) is 36.7. The first-order chi connectivity index (χ1) is 10.5. The van der Waals surface area contributed by atoms with E-state index in [0.29, 0.717) is 38.5 Å². The van der Waals surface area contributed by atoms with Crippen molar-refractivity contribution >= 4 is 33.3 Å². The molecule has 122 valence electrons. The predicted octanol–water partition coefficient (Wildman–Crippen LogP) is 4.67. The molecule has 1 fully saturated rings. The molecule has 0 aromatic heterocycles. The molecule has 2 aliphatic carbocycles. The fourth-order valence-electron chi connectivity index (χ4n) is 3.65. The first-order valence-electron chi connectivity index (χ1n) is 8.38. The molecule has 0 aliphatic heterocycles. The Balaban J connectivity index is 2.29. The number of allylic oxidation sites excluding steroid dienone is 2. The fourth-order valence-corrected chi connectivity index (χ4v) is 4.27. The summed E-state index contributed by atoms with van der Waals surface area (Å²) < 4.78 is 1.18. The number of hydrogen-bond donors (Lipinski definition) is 0. The summed E-state index contributed by atoms with van der Waals surface area (Å²) >= 11 is 3.67. The Bertz CT molecular complexity index is 488. The zero-order valence-corrected chi connectivity index (χ0v) is 15.0. The van der Waals surface area contributed by atoms with Gasteiger partial charge in [-0.3, -0.25) is 9.59 Å². The molecule has 0 heterocycles. The van der Waals surface area contributed by atoms with E-state index in [1.165, 1.54) is 23.4 Å². The van der Waals surface area contributed by atoms with E-state index < -0.39 is 5.41 Å². The van der Waals surface area contributed by atoms with Gasteiger partial charge in [0.05, 0.1) is 5.41 Å².